The second kappa shape index (κ2) is 8.27. The Hall–Kier alpha value is -2.18. The van der Waals surface area contributed by atoms with Crippen LogP contribution in [0.25, 0.3) is 0 Å². The molecule has 2 aliphatic rings. The van der Waals surface area contributed by atoms with Crippen LogP contribution in [0.3, 0.4) is 0 Å². The van der Waals surface area contributed by atoms with E-state index in [4.69, 9.17) is 0 Å². The van der Waals surface area contributed by atoms with E-state index in [1.54, 1.807) is 0 Å². The molecule has 6 heteroatoms. The number of hydrogen-bond donors (Lipinski definition) is 2. The van der Waals surface area contributed by atoms with Crippen molar-refractivity contribution in [3.05, 3.63) is 58.3 Å². The van der Waals surface area contributed by atoms with Crippen LogP contribution in [0.2, 0.25) is 0 Å². The van der Waals surface area contributed by atoms with Gasteiger partial charge in [0.25, 0.3) is 11.8 Å². The van der Waals surface area contributed by atoms with Crippen LogP contribution in [0.1, 0.15) is 21.3 Å². The summed E-state index contributed by atoms with van der Waals surface area (Å²) in [6, 6.07) is 15.1. The zero-order valence-electron chi connectivity index (χ0n) is 13.3. The van der Waals surface area contributed by atoms with E-state index in [0.29, 0.717) is 9.81 Å². The number of carbonyl (C=O) groups excluding carboxylic acids is 2. The van der Waals surface area contributed by atoms with Crippen molar-refractivity contribution in [1.29, 1.82) is 0 Å². The molecular weight excluding hydrogens is 352 g/mol. The van der Waals surface area contributed by atoms with Gasteiger partial charge < -0.3 is 10.6 Å². The Kier molecular flexibility index (Phi) is 6.33. The van der Waals surface area contributed by atoms with Gasteiger partial charge in [0.05, 0.1) is 21.2 Å². The maximum atomic E-state index is 12.3. The van der Waals surface area contributed by atoms with Gasteiger partial charge in [-0.1, -0.05) is 69.1 Å². The third kappa shape index (κ3) is 3.75. The van der Waals surface area contributed by atoms with Crippen molar-refractivity contribution in [2.45, 2.75) is 31.1 Å². The van der Waals surface area contributed by atoms with E-state index in [9.17, 15) is 9.59 Å². The Balaban J connectivity index is 0.000000726. The van der Waals surface area contributed by atoms with Gasteiger partial charge in [0.1, 0.15) is 0 Å². The Morgan fingerprint density at radius 2 is 1.04 bits per heavy atom. The van der Waals surface area contributed by atoms with E-state index in [1.807, 2.05) is 62.4 Å². The number of nitrogens with one attached hydrogen (secondary N) is 2. The van der Waals surface area contributed by atoms with Gasteiger partial charge >= 0.3 is 0 Å². The zero-order valence-corrected chi connectivity index (χ0v) is 14.9. The Morgan fingerprint density at radius 3 is 1.44 bits per heavy atom. The quantitative estimate of drug-likeness (QED) is 0.612. The maximum absolute atomic E-state index is 12.3. The van der Waals surface area contributed by atoms with Crippen molar-refractivity contribution in [2.75, 3.05) is 10.6 Å². The van der Waals surface area contributed by atoms with E-state index in [-0.39, 0.29) is 19.2 Å². The first kappa shape index (κ1) is 19.1. The predicted octanol–water partition coefficient (Wildman–Crippen LogP) is 5.35. The lowest BCUT2D eigenvalue weighted by Crippen LogP contribution is -2.24. The molecule has 4 nitrogen and oxygen atoms in total. The first-order valence-corrected chi connectivity index (χ1v) is 9.26. The molecule has 2 N–H and O–H groups in total. The Morgan fingerprint density at radius 1 is 0.680 bits per heavy atom. The molecule has 0 radical (unpaired) electrons. The van der Waals surface area contributed by atoms with Gasteiger partial charge in [-0.3, -0.25) is 9.59 Å². The smallest absolute Gasteiger partial charge is 0.263 e. The molecule has 25 heavy (non-hydrogen) atoms. The van der Waals surface area contributed by atoms with Gasteiger partial charge in [0.15, 0.2) is 0 Å². The molecule has 2 aromatic carbocycles. The SMILES string of the molecule is C.CC.O=C1Nc2ccccc2S/C1=C1\Sc2ccccc2NC1=O. The highest BCUT2D eigenvalue weighted by Gasteiger charge is 2.30. The number of fused-ring (bicyclic) bond motifs is 2. The van der Waals surface area contributed by atoms with Gasteiger partial charge in [-0.2, -0.15) is 0 Å². The molecule has 0 unspecified atom stereocenters. The first-order chi connectivity index (χ1) is 11.7. The molecule has 2 aliphatic heterocycles. The van der Waals surface area contributed by atoms with Crippen LogP contribution in [0, 0.1) is 0 Å². The molecule has 4 rings (SSSR count). The van der Waals surface area contributed by atoms with Crippen LogP contribution >= 0.6 is 23.5 Å². The number of para-hydroxylation sites is 2. The minimum atomic E-state index is -0.235. The topological polar surface area (TPSA) is 58.2 Å². The summed E-state index contributed by atoms with van der Waals surface area (Å²) in [4.78, 5) is 27.4. The van der Waals surface area contributed by atoms with E-state index < -0.39 is 0 Å². The fraction of sp³-hybridized carbons (Fsp3) is 0.158. The van der Waals surface area contributed by atoms with Crippen LogP contribution in [-0.4, -0.2) is 11.8 Å². The fourth-order valence-electron chi connectivity index (χ4n) is 2.29. The molecular formula is C19H20N2O2S2. The number of benzene rings is 2. The van der Waals surface area contributed by atoms with Gasteiger partial charge in [0.2, 0.25) is 0 Å². The summed E-state index contributed by atoms with van der Waals surface area (Å²) < 4.78 is 0. The van der Waals surface area contributed by atoms with Gasteiger partial charge in [-0.25, -0.2) is 0 Å². The van der Waals surface area contributed by atoms with Crippen molar-refractivity contribution in [1.82, 2.24) is 0 Å². The standard InChI is InChI=1S/C16H10N2O2S2.C2H6.CH4/c19-15-13(21-11-7-3-1-5-9(11)17-15)14-16(20)18-10-6-2-4-8-12(10)22-14;1-2;/h1-8H,(H,17,19)(H,18,20);1-2H3;1H4/b14-13-;;. The summed E-state index contributed by atoms with van der Waals surface area (Å²) >= 11 is 2.67. The molecule has 0 fully saturated rings. The van der Waals surface area contributed by atoms with E-state index >= 15 is 0 Å². The number of thioether (sulfide) groups is 2. The molecule has 2 heterocycles. The number of hydrogen-bond acceptors (Lipinski definition) is 4. The lowest BCUT2D eigenvalue weighted by Gasteiger charge is -2.24. The molecule has 0 saturated heterocycles. The third-order valence-corrected chi connectivity index (χ3v) is 5.78. The van der Waals surface area contributed by atoms with Crippen LogP contribution in [-0.2, 0) is 9.59 Å². The molecule has 2 aromatic rings. The average molecular weight is 373 g/mol. The Labute approximate surface area is 156 Å². The normalized spacial score (nSPS) is 17.7. The molecule has 130 valence electrons. The zero-order chi connectivity index (χ0) is 17.1. The van der Waals surface area contributed by atoms with E-state index in [0.717, 1.165) is 21.2 Å². The largest absolute Gasteiger partial charge is 0.320 e. The summed E-state index contributed by atoms with van der Waals surface area (Å²) in [7, 11) is 0. The van der Waals surface area contributed by atoms with Gasteiger partial charge in [-0.15, -0.1) is 0 Å². The van der Waals surface area contributed by atoms with Gasteiger partial charge in [-0.05, 0) is 24.3 Å². The summed E-state index contributed by atoms with van der Waals surface area (Å²) in [5, 5.41) is 5.68. The van der Waals surface area contributed by atoms with Crippen LogP contribution < -0.4 is 10.6 Å². The number of amides is 2. The highest BCUT2D eigenvalue weighted by atomic mass is 32.2. The lowest BCUT2D eigenvalue weighted by molar-refractivity contribution is -0.114. The highest BCUT2D eigenvalue weighted by molar-refractivity contribution is 8.08. The van der Waals surface area contributed by atoms with Crippen molar-refractivity contribution >= 4 is 46.7 Å². The second-order valence-electron chi connectivity index (χ2n) is 4.76. The third-order valence-electron chi connectivity index (χ3n) is 3.31. The molecule has 2 amide bonds. The van der Waals surface area contributed by atoms with Gasteiger partial charge in [0, 0.05) is 9.79 Å². The van der Waals surface area contributed by atoms with Crippen LogP contribution in [0.5, 0.6) is 0 Å². The number of rotatable bonds is 0. The average Bonchev–Trinajstić information content (AvgIpc) is 2.62. The fourth-order valence-corrected chi connectivity index (χ4v) is 4.39. The summed E-state index contributed by atoms with van der Waals surface area (Å²) in [5.74, 6) is -0.471. The van der Waals surface area contributed by atoms with Crippen molar-refractivity contribution in [3.63, 3.8) is 0 Å². The van der Waals surface area contributed by atoms with Crippen LogP contribution in [0.4, 0.5) is 11.4 Å². The maximum Gasteiger partial charge on any atom is 0.263 e. The van der Waals surface area contributed by atoms with E-state index in [1.165, 1.54) is 23.5 Å². The molecule has 0 bridgehead atoms. The number of carbonyl (C=O) groups is 2. The highest BCUT2D eigenvalue weighted by Crippen LogP contribution is 2.46. The second-order valence-corrected chi connectivity index (χ2v) is 6.87. The molecule has 0 aromatic heterocycles. The lowest BCUT2D eigenvalue weighted by atomic mass is 10.3. The Bertz CT molecular complexity index is 777. The first-order valence-electron chi connectivity index (χ1n) is 7.63. The summed E-state index contributed by atoms with van der Waals surface area (Å²) in [6.45, 7) is 4.00. The molecule has 0 atom stereocenters. The van der Waals surface area contributed by atoms with Crippen molar-refractivity contribution in [3.8, 4) is 0 Å². The number of anilines is 2. The summed E-state index contributed by atoms with van der Waals surface area (Å²) in [6.07, 6.45) is 0. The summed E-state index contributed by atoms with van der Waals surface area (Å²) in [5.41, 5.74) is 1.56. The van der Waals surface area contributed by atoms with E-state index in [2.05, 4.69) is 10.6 Å². The van der Waals surface area contributed by atoms with Crippen molar-refractivity contribution < 1.29 is 9.59 Å². The monoisotopic (exact) mass is 372 g/mol. The minimum absolute atomic E-state index is 0. The van der Waals surface area contributed by atoms with Crippen LogP contribution in [0.15, 0.2) is 68.1 Å². The molecule has 0 aliphatic carbocycles. The minimum Gasteiger partial charge on any atom is -0.320 e. The molecule has 0 spiro atoms. The predicted molar refractivity (Wildman–Crippen MR) is 107 cm³/mol. The molecule has 0 saturated carbocycles. The van der Waals surface area contributed by atoms with Crippen molar-refractivity contribution in [2.24, 2.45) is 0 Å².